The van der Waals surface area contributed by atoms with Gasteiger partial charge in [-0.3, -0.25) is 0 Å². The Labute approximate surface area is 117 Å². The van der Waals surface area contributed by atoms with Crippen molar-refractivity contribution in [1.82, 2.24) is 4.98 Å². The minimum Gasteiger partial charge on any atom is -0.478 e. The van der Waals surface area contributed by atoms with E-state index in [9.17, 15) is 4.79 Å². The number of benzene rings is 1. The average molecular weight is 269 g/mol. The summed E-state index contributed by atoms with van der Waals surface area (Å²) in [6, 6.07) is 9.24. The van der Waals surface area contributed by atoms with Gasteiger partial charge in [0.2, 0.25) is 5.88 Å². The number of hydrogen-bond acceptors (Lipinski definition) is 3. The zero-order chi connectivity index (χ0) is 14.5. The Hall–Kier alpha value is -2.62. The lowest BCUT2D eigenvalue weighted by Crippen LogP contribution is -1.93. The molecule has 102 valence electrons. The molecular formula is C16H15NO3. The summed E-state index contributed by atoms with van der Waals surface area (Å²) in [5.74, 6) is 0.0519. The van der Waals surface area contributed by atoms with Crippen LogP contribution < -0.4 is 4.74 Å². The van der Waals surface area contributed by atoms with Gasteiger partial charge in [-0.1, -0.05) is 6.07 Å². The van der Waals surface area contributed by atoms with Crippen molar-refractivity contribution >= 4 is 12.0 Å². The number of aliphatic carboxylic acids is 1. The lowest BCUT2D eigenvalue weighted by Gasteiger charge is -2.09. The number of aromatic nitrogens is 1. The topological polar surface area (TPSA) is 59.4 Å². The third kappa shape index (κ3) is 3.45. The highest BCUT2D eigenvalue weighted by molar-refractivity contribution is 5.85. The Morgan fingerprint density at radius 1 is 1.25 bits per heavy atom. The zero-order valence-corrected chi connectivity index (χ0v) is 11.3. The zero-order valence-electron chi connectivity index (χ0n) is 11.3. The first-order chi connectivity index (χ1) is 9.56. The normalized spacial score (nSPS) is 10.7. The van der Waals surface area contributed by atoms with E-state index >= 15 is 0 Å². The number of carbonyl (C=O) groups is 1. The molecule has 0 bridgehead atoms. The molecule has 0 aliphatic carbocycles. The SMILES string of the molecule is Cc1ccc(Oc2ncccc2/C=C/C(=O)O)cc1C. The lowest BCUT2D eigenvalue weighted by atomic mass is 10.1. The molecule has 20 heavy (non-hydrogen) atoms. The summed E-state index contributed by atoms with van der Waals surface area (Å²) in [6.45, 7) is 4.03. The Morgan fingerprint density at radius 3 is 2.75 bits per heavy atom. The van der Waals surface area contributed by atoms with Gasteiger partial charge in [0.15, 0.2) is 0 Å². The highest BCUT2D eigenvalue weighted by Crippen LogP contribution is 2.25. The molecule has 1 aromatic carbocycles. The standard InChI is InChI=1S/C16H15NO3/c1-11-5-7-14(10-12(11)2)20-16-13(4-3-9-17-16)6-8-15(18)19/h3-10H,1-2H3,(H,18,19)/b8-6+. The monoisotopic (exact) mass is 269 g/mol. The molecule has 0 amide bonds. The fourth-order valence-corrected chi connectivity index (χ4v) is 1.67. The molecule has 0 saturated heterocycles. The molecule has 0 saturated carbocycles. The summed E-state index contributed by atoms with van der Waals surface area (Å²) >= 11 is 0. The molecule has 0 spiro atoms. The van der Waals surface area contributed by atoms with E-state index in [1.165, 1.54) is 11.6 Å². The second-order valence-electron chi connectivity index (χ2n) is 4.42. The predicted molar refractivity (Wildman–Crippen MR) is 76.9 cm³/mol. The largest absolute Gasteiger partial charge is 0.478 e. The number of nitrogens with zero attached hydrogens (tertiary/aromatic N) is 1. The van der Waals surface area contributed by atoms with Gasteiger partial charge >= 0.3 is 5.97 Å². The van der Waals surface area contributed by atoms with E-state index in [-0.39, 0.29) is 0 Å². The van der Waals surface area contributed by atoms with Gasteiger partial charge in [0, 0.05) is 17.8 Å². The number of ether oxygens (including phenoxy) is 1. The smallest absolute Gasteiger partial charge is 0.328 e. The lowest BCUT2D eigenvalue weighted by molar-refractivity contribution is -0.131. The number of rotatable bonds is 4. The summed E-state index contributed by atoms with van der Waals surface area (Å²) in [4.78, 5) is 14.7. The van der Waals surface area contributed by atoms with Gasteiger partial charge in [-0.15, -0.1) is 0 Å². The minimum atomic E-state index is -1.01. The fourth-order valence-electron chi connectivity index (χ4n) is 1.67. The van der Waals surface area contributed by atoms with Gasteiger partial charge in [0.1, 0.15) is 5.75 Å². The Kier molecular flexibility index (Phi) is 4.15. The van der Waals surface area contributed by atoms with E-state index < -0.39 is 5.97 Å². The van der Waals surface area contributed by atoms with Gasteiger partial charge in [0.25, 0.3) is 0 Å². The van der Waals surface area contributed by atoms with E-state index in [1.54, 1.807) is 18.3 Å². The maximum Gasteiger partial charge on any atom is 0.328 e. The summed E-state index contributed by atoms with van der Waals surface area (Å²) in [7, 11) is 0. The fraction of sp³-hybridized carbons (Fsp3) is 0.125. The van der Waals surface area contributed by atoms with E-state index in [1.807, 2.05) is 32.0 Å². The molecule has 1 aromatic heterocycles. The van der Waals surface area contributed by atoms with Crippen LogP contribution >= 0.6 is 0 Å². The first-order valence-corrected chi connectivity index (χ1v) is 6.17. The highest BCUT2D eigenvalue weighted by atomic mass is 16.5. The van der Waals surface area contributed by atoms with E-state index in [0.717, 1.165) is 11.6 Å². The van der Waals surface area contributed by atoms with Crippen LogP contribution in [0.3, 0.4) is 0 Å². The molecule has 1 heterocycles. The van der Waals surface area contributed by atoms with Gasteiger partial charge in [-0.25, -0.2) is 9.78 Å². The number of hydrogen-bond donors (Lipinski definition) is 1. The summed E-state index contributed by atoms with van der Waals surface area (Å²) < 4.78 is 5.72. The van der Waals surface area contributed by atoms with Crippen molar-refractivity contribution in [3.63, 3.8) is 0 Å². The Balaban J connectivity index is 2.29. The highest BCUT2D eigenvalue weighted by Gasteiger charge is 2.05. The molecule has 1 N–H and O–H groups in total. The van der Waals surface area contributed by atoms with Crippen LogP contribution in [0.1, 0.15) is 16.7 Å². The van der Waals surface area contributed by atoms with Gasteiger partial charge in [0.05, 0.1) is 0 Å². The van der Waals surface area contributed by atoms with Crippen molar-refractivity contribution in [1.29, 1.82) is 0 Å². The minimum absolute atomic E-state index is 0.383. The molecule has 0 fully saturated rings. The summed E-state index contributed by atoms with van der Waals surface area (Å²) in [6.07, 6.45) is 4.13. The molecule has 0 radical (unpaired) electrons. The van der Waals surface area contributed by atoms with Crippen molar-refractivity contribution in [3.05, 3.63) is 59.3 Å². The van der Waals surface area contributed by atoms with Crippen LogP contribution in [0.4, 0.5) is 0 Å². The molecule has 0 atom stereocenters. The van der Waals surface area contributed by atoms with Crippen molar-refractivity contribution in [3.8, 4) is 11.6 Å². The molecule has 4 heteroatoms. The molecule has 0 unspecified atom stereocenters. The predicted octanol–water partition coefficient (Wildman–Crippen LogP) is 3.59. The molecule has 0 aliphatic heterocycles. The van der Waals surface area contributed by atoms with Gasteiger partial charge < -0.3 is 9.84 Å². The first kappa shape index (κ1) is 13.8. The van der Waals surface area contributed by atoms with Crippen LogP contribution in [0, 0.1) is 13.8 Å². The van der Waals surface area contributed by atoms with E-state index in [4.69, 9.17) is 9.84 Å². The third-order valence-corrected chi connectivity index (χ3v) is 2.90. The Morgan fingerprint density at radius 2 is 2.05 bits per heavy atom. The van der Waals surface area contributed by atoms with Crippen molar-refractivity contribution < 1.29 is 14.6 Å². The van der Waals surface area contributed by atoms with Crippen LogP contribution in [0.25, 0.3) is 6.08 Å². The van der Waals surface area contributed by atoms with Crippen LogP contribution in [0.5, 0.6) is 11.6 Å². The number of pyridine rings is 1. The summed E-state index contributed by atoms with van der Waals surface area (Å²) in [5.41, 5.74) is 2.93. The van der Waals surface area contributed by atoms with Crippen molar-refractivity contribution in [2.24, 2.45) is 0 Å². The molecule has 0 aliphatic rings. The van der Waals surface area contributed by atoms with E-state index in [2.05, 4.69) is 4.98 Å². The second-order valence-corrected chi connectivity index (χ2v) is 4.42. The quantitative estimate of drug-likeness (QED) is 0.862. The number of aryl methyl sites for hydroxylation is 2. The van der Waals surface area contributed by atoms with Gasteiger partial charge in [-0.2, -0.15) is 0 Å². The maximum absolute atomic E-state index is 10.6. The second kappa shape index (κ2) is 6.02. The third-order valence-electron chi connectivity index (χ3n) is 2.90. The van der Waals surface area contributed by atoms with Gasteiger partial charge in [-0.05, 0) is 55.3 Å². The van der Waals surface area contributed by atoms with Crippen LogP contribution in [0.15, 0.2) is 42.6 Å². The molecule has 2 rings (SSSR count). The number of carboxylic acid groups (broad SMARTS) is 1. The maximum atomic E-state index is 10.6. The van der Waals surface area contributed by atoms with E-state index in [0.29, 0.717) is 17.2 Å². The number of carboxylic acids is 1. The molecular weight excluding hydrogens is 254 g/mol. The summed E-state index contributed by atoms with van der Waals surface area (Å²) in [5, 5.41) is 8.67. The molecule has 4 nitrogen and oxygen atoms in total. The average Bonchev–Trinajstić information content (AvgIpc) is 2.42. The first-order valence-electron chi connectivity index (χ1n) is 6.17. The van der Waals surface area contributed by atoms with Crippen LogP contribution in [-0.4, -0.2) is 16.1 Å². The van der Waals surface area contributed by atoms with Crippen LogP contribution in [0.2, 0.25) is 0 Å². The molecule has 2 aromatic rings. The van der Waals surface area contributed by atoms with Crippen molar-refractivity contribution in [2.75, 3.05) is 0 Å². The van der Waals surface area contributed by atoms with Crippen LogP contribution in [-0.2, 0) is 4.79 Å². The van der Waals surface area contributed by atoms with Crippen molar-refractivity contribution in [2.45, 2.75) is 13.8 Å². The Bertz CT molecular complexity index is 663.